The minimum Gasteiger partial charge on any atom is -0.354 e. The van der Waals surface area contributed by atoms with Crippen molar-refractivity contribution in [2.75, 3.05) is 31.1 Å². The molecule has 0 atom stereocenters. The van der Waals surface area contributed by atoms with Gasteiger partial charge in [-0.2, -0.15) is 0 Å². The minimum atomic E-state index is 1.03. The van der Waals surface area contributed by atoms with E-state index in [4.69, 9.17) is 4.98 Å². The molecule has 0 bridgehead atoms. The summed E-state index contributed by atoms with van der Waals surface area (Å²) in [5, 5.41) is 3.36. The van der Waals surface area contributed by atoms with Crippen molar-refractivity contribution in [3.8, 4) is 11.3 Å². The number of nitrogens with zero attached hydrogens (tertiary/aromatic N) is 2. The predicted molar refractivity (Wildman–Crippen MR) is 74.8 cm³/mol. The minimum absolute atomic E-state index is 1.03. The zero-order valence-corrected chi connectivity index (χ0v) is 10.3. The molecule has 1 aliphatic heterocycles. The Kier molecular flexibility index (Phi) is 3.24. The molecule has 0 amide bonds. The third-order valence-electron chi connectivity index (χ3n) is 3.24. The molecule has 1 aliphatic rings. The summed E-state index contributed by atoms with van der Waals surface area (Å²) in [6.07, 6.45) is 0. The number of pyridine rings is 1. The maximum absolute atomic E-state index is 4.76. The zero-order valence-electron chi connectivity index (χ0n) is 10.3. The summed E-state index contributed by atoms with van der Waals surface area (Å²) in [6.45, 7) is 4.14. The molecule has 1 fully saturated rings. The summed E-state index contributed by atoms with van der Waals surface area (Å²) in [5.74, 6) is 1.08. The summed E-state index contributed by atoms with van der Waals surface area (Å²) in [6, 6.07) is 16.6. The monoisotopic (exact) mass is 239 g/mol. The van der Waals surface area contributed by atoms with Crippen LogP contribution in [0.4, 0.5) is 5.82 Å². The van der Waals surface area contributed by atoms with Crippen LogP contribution in [-0.2, 0) is 0 Å². The zero-order chi connectivity index (χ0) is 12.2. The van der Waals surface area contributed by atoms with Gasteiger partial charge in [-0.1, -0.05) is 36.4 Å². The van der Waals surface area contributed by atoms with Crippen LogP contribution in [-0.4, -0.2) is 31.2 Å². The second-order valence-electron chi connectivity index (χ2n) is 4.48. The van der Waals surface area contributed by atoms with Crippen molar-refractivity contribution in [2.45, 2.75) is 0 Å². The molecule has 3 rings (SSSR count). The van der Waals surface area contributed by atoms with Crippen LogP contribution in [0.1, 0.15) is 0 Å². The first-order valence-corrected chi connectivity index (χ1v) is 6.42. The average molecular weight is 239 g/mol. The van der Waals surface area contributed by atoms with Crippen LogP contribution in [0, 0.1) is 0 Å². The van der Waals surface area contributed by atoms with E-state index in [1.54, 1.807) is 0 Å². The van der Waals surface area contributed by atoms with E-state index in [0.29, 0.717) is 0 Å². The van der Waals surface area contributed by atoms with Crippen LogP contribution in [0.3, 0.4) is 0 Å². The molecule has 0 spiro atoms. The van der Waals surface area contributed by atoms with Gasteiger partial charge >= 0.3 is 0 Å². The van der Waals surface area contributed by atoms with Crippen LogP contribution in [0.2, 0.25) is 0 Å². The Labute approximate surface area is 107 Å². The van der Waals surface area contributed by atoms with Gasteiger partial charge in [0.2, 0.25) is 0 Å². The van der Waals surface area contributed by atoms with Crippen molar-refractivity contribution in [1.29, 1.82) is 0 Å². The molecule has 0 aliphatic carbocycles. The summed E-state index contributed by atoms with van der Waals surface area (Å²) in [7, 11) is 0. The predicted octanol–water partition coefficient (Wildman–Crippen LogP) is 2.16. The van der Waals surface area contributed by atoms with Crippen LogP contribution < -0.4 is 10.2 Å². The quantitative estimate of drug-likeness (QED) is 0.870. The van der Waals surface area contributed by atoms with Gasteiger partial charge in [0, 0.05) is 31.7 Å². The summed E-state index contributed by atoms with van der Waals surface area (Å²) in [4.78, 5) is 7.10. The lowest BCUT2D eigenvalue weighted by atomic mass is 10.1. The molecule has 0 unspecified atom stereocenters. The molecule has 0 radical (unpaired) electrons. The normalized spacial score (nSPS) is 15.7. The second kappa shape index (κ2) is 5.19. The lowest BCUT2D eigenvalue weighted by Gasteiger charge is -2.28. The molecule has 1 saturated heterocycles. The number of hydrogen-bond acceptors (Lipinski definition) is 3. The van der Waals surface area contributed by atoms with Gasteiger partial charge in [0.15, 0.2) is 0 Å². The van der Waals surface area contributed by atoms with E-state index in [9.17, 15) is 0 Å². The third kappa shape index (κ3) is 2.36. The number of hydrogen-bond donors (Lipinski definition) is 1. The molecular formula is C15H17N3. The lowest BCUT2D eigenvalue weighted by molar-refractivity contribution is 0.585. The first-order chi connectivity index (χ1) is 8.93. The van der Waals surface area contributed by atoms with E-state index in [0.717, 1.165) is 37.7 Å². The van der Waals surface area contributed by atoms with E-state index in [1.165, 1.54) is 5.56 Å². The van der Waals surface area contributed by atoms with Gasteiger partial charge in [-0.15, -0.1) is 0 Å². The van der Waals surface area contributed by atoms with Gasteiger partial charge in [0.1, 0.15) is 5.82 Å². The van der Waals surface area contributed by atoms with Gasteiger partial charge in [-0.3, -0.25) is 0 Å². The second-order valence-corrected chi connectivity index (χ2v) is 4.48. The van der Waals surface area contributed by atoms with Crippen LogP contribution >= 0.6 is 0 Å². The van der Waals surface area contributed by atoms with Crippen molar-refractivity contribution >= 4 is 5.82 Å². The Morgan fingerprint density at radius 2 is 1.67 bits per heavy atom. The topological polar surface area (TPSA) is 28.2 Å². The summed E-state index contributed by atoms with van der Waals surface area (Å²) < 4.78 is 0. The number of aromatic nitrogens is 1. The van der Waals surface area contributed by atoms with Crippen molar-refractivity contribution in [3.63, 3.8) is 0 Å². The number of nitrogens with one attached hydrogen (secondary N) is 1. The lowest BCUT2D eigenvalue weighted by Crippen LogP contribution is -2.43. The Hall–Kier alpha value is -1.87. The van der Waals surface area contributed by atoms with E-state index in [2.05, 4.69) is 52.7 Å². The number of piperazine rings is 1. The molecular weight excluding hydrogens is 222 g/mol. The highest BCUT2D eigenvalue weighted by Gasteiger charge is 2.11. The van der Waals surface area contributed by atoms with E-state index in [1.807, 2.05) is 6.07 Å². The fourth-order valence-corrected chi connectivity index (χ4v) is 2.26. The molecule has 18 heavy (non-hydrogen) atoms. The number of anilines is 1. The van der Waals surface area contributed by atoms with Gasteiger partial charge in [-0.05, 0) is 12.1 Å². The van der Waals surface area contributed by atoms with E-state index in [-0.39, 0.29) is 0 Å². The Morgan fingerprint density at radius 3 is 2.44 bits per heavy atom. The number of benzene rings is 1. The average Bonchev–Trinajstić information content (AvgIpc) is 2.49. The summed E-state index contributed by atoms with van der Waals surface area (Å²) in [5.41, 5.74) is 2.22. The van der Waals surface area contributed by atoms with Gasteiger partial charge < -0.3 is 10.2 Å². The highest BCUT2D eigenvalue weighted by Crippen LogP contribution is 2.20. The molecule has 1 N–H and O–H groups in total. The van der Waals surface area contributed by atoms with E-state index >= 15 is 0 Å². The standard InChI is InChI=1S/C15H17N3/c1-2-5-13(6-3-1)14-7-4-8-15(17-14)18-11-9-16-10-12-18/h1-8,16H,9-12H2. The smallest absolute Gasteiger partial charge is 0.129 e. The first-order valence-electron chi connectivity index (χ1n) is 6.42. The number of rotatable bonds is 2. The fourth-order valence-electron chi connectivity index (χ4n) is 2.26. The maximum Gasteiger partial charge on any atom is 0.129 e. The SMILES string of the molecule is c1ccc(-c2cccc(N3CCNCC3)n2)cc1. The molecule has 3 nitrogen and oxygen atoms in total. The third-order valence-corrected chi connectivity index (χ3v) is 3.24. The maximum atomic E-state index is 4.76. The van der Waals surface area contributed by atoms with Crippen LogP contribution in [0.25, 0.3) is 11.3 Å². The molecule has 1 aromatic carbocycles. The van der Waals surface area contributed by atoms with Crippen molar-refractivity contribution in [1.82, 2.24) is 10.3 Å². The Morgan fingerprint density at radius 1 is 0.889 bits per heavy atom. The van der Waals surface area contributed by atoms with Crippen molar-refractivity contribution in [2.24, 2.45) is 0 Å². The van der Waals surface area contributed by atoms with Gasteiger partial charge in [0.05, 0.1) is 5.69 Å². The van der Waals surface area contributed by atoms with Gasteiger partial charge in [-0.25, -0.2) is 4.98 Å². The first kappa shape index (κ1) is 11.2. The molecule has 1 aromatic heterocycles. The van der Waals surface area contributed by atoms with Crippen molar-refractivity contribution < 1.29 is 0 Å². The fraction of sp³-hybridized carbons (Fsp3) is 0.267. The molecule has 0 saturated carbocycles. The van der Waals surface area contributed by atoms with Crippen molar-refractivity contribution in [3.05, 3.63) is 48.5 Å². The van der Waals surface area contributed by atoms with Gasteiger partial charge in [0.25, 0.3) is 0 Å². The molecule has 2 heterocycles. The highest BCUT2D eigenvalue weighted by atomic mass is 15.2. The van der Waals surface area contributed by atoms with E-state index < -0.39 is 0 Å². The molecule has 92 valence electrons. The van der Waals surface area contributed by atoms with Crippen LogP contribution in [0.5, 0.6) is 0 Å². The summed E-state index contributed by atoms with van der Waals surface area (Å²) >= 11 is 0. The largest absolute Gasteiger partial charge is 0.354 e. The molecule has 3 heteroatoms. The highest BCUT2D eigenvalue weighted by molar-refractivity contribution is 5.61. The Balaban J connectivity index is 1.89. The molecule has 2 aromatic rings. The Bertz CT molecular complexity index is 504. The van der Waals surface area contributed by atoms with Crippen LogP contribution in [0.15, 0.2) is 48.5 Å².